The maximum atomic E-state index is 11.0. The van der Waals surface area contributed by atoms with Crippen molar-refractivity contribution in [3.8, 4) is 12.3 Å². The molecule has 0 bridgehead atoms. The van der Waals surface area contributed by atoms with Crippen molar-refractivity contribution in [3.05, 3.63) is 0 Å². The molecule has 0 aromatic heterocycles. The zero-order chi connectivity index (χ0) is 12.4. The van der Waals surface area contributed by atoms with Gasteiger partial charge in [0.2, 0.25) is 0 Å². The largest absolute Gasteiger partial charge is 0.436 e. The van der Waals surface area contributed by atoms with Crippen LogP contribution in [-0.4, -0.2) is 34.2 Å². The number of nitrogens with one attached hydrogen (secondary N) is 1. The predicted molar refractivity (Wildman–Crippen MR) is 66.7 cm³/mol. The van der Waals surface area contributed by atoms with Crippen molar-refractivity contribution in [1.29, 1.82) is 0 Å². The van der Waals surface area contributed by atoms with Gasteiger partial charge in [-0.1, -0.05) is 5.92 Å². The average molecular weight is 243 g/mol. The summed E-state index contributed by atoms with van der Waals surface area (Å²) in [7, 11) is -1.53. The van der Waals surface area contributed by atoms with Gasteiger partial charge in [0, 0.05) is 13.2 Å². The molecule has 0 fully saturated rings. The first-order valence-electron chi connectivity index (χ1n) is 5.50. The Morgan fingerprint density at radius 3 is 2.75 bits per heavy atom. The molecule has 0 aliphatic carbocycles. The monoisotopic (exact) mass is 243 g/mol. The molecule has 0 aliphatic heterocycles. The summed E-state index contributed by atoms with van der Waals surface area (Å²) in [5, 5.41) is 2.64. The van der Waals surface area contributed by atoms with Crippen LogP contribution in [0.2, 0.25) is 19.1 Å². The zero-order valence-corrected chi connectivity index (χ0v) is 11.3. The molecule has 1 amide bonds. The highest BCUT2D eigenvalue weighted by Crippen LogP contribution is 2.12. The number of terminal acetylenes is 1. The van der Waals surface area contributed by atoms with E-state index in [2.05, 4.69) is 29.1 Å². The van der Waals surface area contributed by atoms with Gasteiger partial charge in [0.1, 0.15) is 0 Å². The van der Waals surface area contributed by atoms with Crippen molar-refractivity contribution < 1.29 is 14.0 Å². The van der Waals surface area contributed by atoms with Crippen molar-refractivity contribution in [1.82, 2.24) is 5.32 Å². The molecule has 0 saturated heterocycles. The Bertz CT molecular complexity index is 248. The molecule has 0 aromatic rings. The van der Waals surface area contributed by atoms with Gasteiger partial charge in [-0.15, -0.1) is 6.42 Å². The number of carbonyl (C=O) groups excluding carboxylic acids is 1. The molecule has 0 radical (unpaired) electrons. The van der Waals surface area contributed by atoms with Crippen LogP contribution < -0.4 is 5.32 Å². The Morgan fingerprint density at radius 1 is 1.50 bits per heavy atom. The van der Waals surface area contributed by atoms with Crippen molar-refractivity contribution in [2.24, 2.45) is 0 Å². The minimum Gasteiger partial charge on any atom is -0.436 e. The van der Waals surface area contributed by atoms with E-state index in [1.165, 1.54) is 0 Å². The Labute approximate surface area is 98.8 Å². The van der Waals surface area contributed by atoms with Gasteiger partial charge >= 0.3 is 6.09 Å². The van der Waals surface area contributed by atoms with E-state index in [0.717, 1.165) is 19.1 Å². The first-order chi connectivity index (χ1) is 7.52. The highest BCUT2D eigenvalue weighted by Gasteiger charge is 2.20. The van der Waals surface area contributed by atoms with E-state index in [9.17, 15) is 4.79 Å². The highest BCUT2D eigenvalue weighted by molar-refractivity contribution is 6.71. The summed E-state index contributed by atoms with van der Waals surface area (Å²) in [4.78, 5) is 11.0. The molecule has 0 rings (SSSR count). The van der Waals surface area contributed by atoms with Gasteiger partial charge in [0.05, 0.1) is 0 Å². The average Bonchev–Trinajstić information content (AvgIpc) is 2.21. The molecule has 0 aliphatic rings. The van der Waals surface area contributed by atoms with E-state index >= 15 is 0 Å². The van der Waals surface area contributed by atoms with Gasteiger partial charge in [-0.25, -0.2) is 4.79 Å². The van der Waals surface area contributed by atoms with Crippen LogP contribution in [0, 0.1) is 12.3 Å². The fourth-order valence-electron chi connectivity index (χ4n) is 1.33. The second-order valence-electron chi connectivity index (χ2n) is 4.00. The topological polar surface area (TPSA) is 47.6 Å². The quantitative estimate of drug-likeness (QED) is 0.422. The van der Waals surface area contributed by atoms with E-state index in [4.69, 9.17) is 10.8 Å². The van der Waals surface area contributed by atoms with Gasteiger partial charge < -0.3 is 14.5 Å². The van der Waals surface area contributed by atoms with Gasteiger partial charge in [-0.3, -0.25) is 0 Å². The maximum absolute atomic E-state index is 11.0. The fourth-order valence-corrected chi connectivity index (χ4v) is 3.28. The number of rotatable bonds is 7. The predicted octanol–water partition coefficient (Wildman–Crippen LogP) is 1.98. The van der Waals surface area contributed by atoms with Crippen LogP contribution in [0.3, 0.4) is 0 Å². The summed E-state index contributed by atoms with van der Waals surface area (Å²) >= 11 is 0. The van der Waals surface area contributed by atoms with Gasteiger partial charge in [0.15, 0.2) is 14.9 Å². The summed E-state index contributed by atoms with van der Waals surface area (Å²) < 4.78 is 10.3. The van der Waals surface area contributed by atoms with Crippen LogP contribution in [0.25, 0.3) is 0 Å². The standard InChI is InChI=1S/C11H21NO3Si/c1-5-9-14-11(13)12-8-7-10-16(3,4)15-6-2/h1H,6-10H2,2-4H3,(H,12,13). The van der Waals surface area contributed by atoms with Crippen molar-refractivity contribution >= 4 is 14.4 Å². The van der Waals surface area contributed by atoms with Gasteiger partial charge in [-0.2, -0.15) is 0 Å². The molecule has 0 aromatic carbocycles. The van der Waals surface area contributed by atoms with Crippen LogP contribution in [-0.2, 0) is 9.16 Å². The lowest BCUT2D eigenvalue weighted by atomic mass is 10.5. The minimum atomic E-state index is -1.53. The number of carbonyl (C=O) groups is 1. The number of hydrogen-bond donors (Lipinski definition) is 1. The Kier molecular flexibility index (Phi) is 7.68. The fraction of sp³-hybridized carbons (Fsp3) is 0.727. The number of hydrogen-bond acceptors (Lipinski definition) is 3. The van der Waals surface area contributed by atoms with Crippen molar-refractivity contribution in [3.63, 3.8) is 0 Å². The third kappa shape index (κ3) is 8.33. The van der Waals surface area contributed by atoms with Crippen molar-refractivity contribution in [2.75, 3.05) is 19.8 Å². The number of alkyl carbamates (subject to hydrolysis) is 1. The summed E-state index contributed by atoms with van der Waals surface area (Å²) in [6.07, 6.45) is 5.41. The minimum absolute atomic E-state index is 0.0189. The normalized spacial score (nSPS) is 10.6. The van der Waals surface area contributed by atoms with E-state index in [1.807, 2.05) is 6.92 Å². The molecule has 16 heavy (non-hydrogen) atoms. The molecule has 0 heterocycles. The summed E-state index contributed by atoms with van der Waals surface area (Å²) in [5.41, 5.74) is 0. The molecule has 0 saturated carbocycles. The van der Waals surface area contributed by atoms with Crippen LogP contribution >= 0.6 is 0 Å². The molecule has 0 atom stereocenters. The Balaban J connectivity index is 3.53. The van der Waals surface area contributed by atoms with Crippen LogP contribution in [0.4, 0.5) is 4.79 Å². The SMILES string of the molecule is C#CCOC(=O)NCCC[Si](C)(C)OCC. The molecule has 1 N–H and O–H groups in total. The Morgan fingerprint density at radius 2 is 2.19 bits per heavy atom. The summed E-state index contributed by atoms with van der Waals surface area (Å²) in [6.45, 7) is 7.74. The lowest BCUT2D eigenvalue weighted by molar-refractivity contribution is 0.160. The molecule has 5 heteroatoms. The molecule has 92 valence electrons. The zero-order valence-electron chi connectivity index (χ0n) is 10.3. The van der Waals surface area contributed by atoms with Gasteiger partial charge in [0.25, 0.3) is 0 Å². The number of amides is 1. The first kappa shape index (κ1) is 15.0. The summed E-state index contributed by atoms with van der Waals surface area (Å²) in [6, 6.07) is 1.02. The maximum Gasteiger partial charge on any atom is 0.408 e. The third-order valence-corrected chi connectivity index (χ3v) is 4.67. The molecular weight excluding hydrogens is 222 g/mol. The van der Waals surface area contributed by atoms with Crippen LogP contribution in [0.15, 0.2) is 0 Å². The van der Waals surface area contributed by atoms with Gasteiger partial charge in [-0.05, 0) is 32.5 Å². The molecule has 0 unspecified atom stereocenters. The smallest absolute Gasteiger partial charge is 0.408 e. The second kappa shape index (κ2) is 8.19. The van der Waals surface area contributed by atoms with Crippen LogP contribution in [0.5, 0.6) is 0 Å². The first-order valence-corrected chi connectivity index (χ1v) is 8.61. The second-order valence-corrected chi connectivity index (χ2v) is 8.31. The third-order valence-electron chi connectivity index (χ3n) is 2.05. The van der Waals surface area contributed by atoms with E-state index in [1.54, 1.807) is 0 Å². The summed E-state index contributed by atoms with van der Waals surface area (Å²) in [5.74, 6) is 2.23. The van der Waals surface area contributed by atoms with Crippen molar-refractivity contribution in [2.45, 2.75) is 32.5 Å². The van der Waals surface area contributed by atoms with E-state index < -0.39 is 14.4 Å². The molecule has 0 spiro atoms. The van der Waals surface area contributed by atoms with E-state index in [-0.39, 0.29) is 6.61 Å². The molecular formula is C11H21NO3Si. The number of ether oxygens (including phenoxy) is 1. The van der Waals surface area contributed by atoms with E-state index in [0.29, 0.717) is 6.54 Å². The lowest BCUT2D eigenvalue weighted by Crippen LogP contribution is -2.32. The van der Waals surface area contributed by atoms with Crippen LogP contribution in [0.1, 0.15) is 13.3 Å². The lowest BCUT2D eigenvalue weighted by Gasteiger charge is -2.21. The Hall–Kier alpha value is -0.993. The molecule has 4 nitrogen and oxygen atoms in total. The highest BCUT2D eigenvalue weighted by atomic mass is 28.4.